The molecular formula is C12H16O10. The van der Waals surface area contributed by atoms with Gasteiger partial charge in [0.1, 0.15) is 6.42 Å². The molecule has 0 rings (SSSR count). The maximum atomic E-state index is 9.43. The minimum Gasteiger partial charge on any atom is -0.481 e. The molecule has 22 heavy (non-hydrogen) atoms. The van der Waals surface area contributed by atoms with Crippen LogP contribution in [0.1, 0.15) is 6.42 Å². The van der Waals surface area contributed by atoms with Crippen LogP contribution in [-0.4, -0.2) is 55.4 Å². The number of rotatable bonds is 5. The van der Waals surface area contributed by atoms with Crippen molar-refractivity contribution in [1.82, 2.24) is 0 Å². The van der Waals surface area contributed by atoms with Crippen LogP contribution < -0.4 is 0 Å². The van der Waals surface area contributed by atoms with Crippen molar-refractivity contribution in [2.45, 2.75) is 6.42 Å². The van der Waals surface area contributed by atoms with Crippen molar-refractivity contribution in [3.05, 3.63) is 38.0 Å². The van der Waals surface area contributed by atoms with Gasteiger partial charge in [0.15, 0.2) is 0 Å². The number of hydrogen-bond acceptors (Lipinski definition) is 5. The van der Waals surface area contributed by atoms with Gasteiger partial charge in [0.05, 0.1) is 0 Å². The smallest absolute Gasteiger partial charge is 0.327 e. The number of hydrogen-bond donors (Lipinski definition) is 5. The first-order valence-corrected chi connectivity index (χ1v) is 4.94. The van der Waals surface area contributed by atoms with Crippen molar-refractivity contribution < 1.29 is 49.5 Å². The zero-order valence-corrected chi connectivity index (χ0v) is 11.3. The van der Waals surface area contributed by atoms with E-state index in [0.29, 0.717) is 0 Å². The molecule has 0 aliphatic heterocycles. The van der Waals surface area contributed by atoms with Gasteiger partial charge in [-0.25, -0.2) is 14.4 Å². The van der Waals surface area contributed by atoms with Crippen LogP contribution in [0.5, 0.6) is 0 Å². The molecule has 0 bridgehead atoms. The Kier molecular flexibility index (Phi) is 24.4. The Balaban J connectivity index is -0.0000000995. The lowest BCUT2D eigenvalue weighted by molar-refractivity contribution is -0.147. The Bertz CT molecular complexity index is 367. The van der Waals surface area contributed by atoms with Crippen LogP contribution in [0, 0.1) is 0 Å². The highest BCUT2D eigenvalue weighted by atomic mass is 16.4. The molecule has 0 aromatic heterocycles. The maximum absolute atomic E-state index is 9.43. The van der Waals surface area contributed by atoms with Gasteiger partial charge in [-0.05, 0) is 0 Å². The lowest BCUT2D eigenvalue weighted by Gasteiger charge is -1.80. The summed E-state index contributed by atoms with van der Waals surface area (Å²) < 4.78 is 0. The number of aliphatic carboxylic acids is 5. The summed E-state index contributed by atoms with van der Waals surface area (Å²) in [6, 6.07) is 0. The largest absolute Gasteiger partial charge is 0.481 e. The third-order valence-corrected chi connectivity index (χ3v) is 0.826. The van der Waals surface area contributed by atoms with E-state index in [1.165, 1.54) is 0 Å². The van der Waals surface area contributed by atoms with E-state index < -0.39 is 36.3 Å². The minimum absolute atomic E-state index is 0.806. The first-order chi connectivity index (χ1) is 9.94. The second-order valence-electron chi connectivity index (χ2n) is 2.59. The van der Waals surface area contributed by atoms with Crippen molar-refractivity contribution in [3.8, 4) is 0 Å². The summed E-state index contributed by atoms with van der Waals surface area (Å²) in [6.07, 6.45) is 1.69. The summed E-state index contributed by atoms with van der Waals surface area (Å²) in [4.78, 5) is 46.6. The van der Waals surface area contributed by atoms with Crippen molar-refractivity contribution in [3.63, 3.8) is 0 Å². The molecule has 0 spiro atoms. The standard InChI is InChI=1S/C3H4O4.3C3H4O2/c4-2(5)1-3(6)7;3*1-2-3(4)5/h1H2,(H,4,5)(H,6,7);3*2H,1H2,(H,4,5). The molecule has 0 unspecified atom stereocenters. The summed E-state index contributed by atoms with van der Waals surface area (Å²) in [6.45, 7) is 8.88. The Labute approximate surface area is 124 Å². The van der Waals surface area contributed by atoms with Crippen molar-refractivity contribution in [1.29, 1.82) is 0 Å². The van der Waals surface area contributed by atoms with Gasteiger partial charge in [-0.1, -0.05) is 19.7 Å². The first-order valence-electron chi connectivity index (χ1n) is 4.94. The lowest BCUT2D eigenvalue weighted by atomic mass is 10.5. The van der Waals surface area contributed by atoms with Crippen LogP contribution in [0.2, 0.25) is 0 Å². The second-order valence-corrected chi connectivity index (χ2v) is 2.59. The molecule has 0 aromatic rings. The SMILES string of the molecule is C=CC(=O)O.C=CC(=O)O.C=CC(=O)O.O=C(O)CC(=O)O. The molecule has 10 heteroatoms. The third-order valence-electron chi connectivity index (χ3n) is 0.826. The quantitative estimate of drug-likeness (QED) is 0.348. The lowest BCUT2D eigenvalue weighted by Crippen LogP contribution is -2.03. The van der Waals surface area contributed by atoms with Crippen molar-refractivity contribution in [2.24, 2.45) is 0 Å². The summed E-state index contributed by atoms with van der Waals surface area (Å²) in [5.41, 5.74) is 0. The van der Waals surface area contributed by atoms with Gasteiger partial charge >= 0.3 is 29.8 Å². The monoisotopic (exact) mass is 320 g/mol. The molecule has 0 aromatic carbocycles. The van der Waals surface area contributed by atoms with Crippen LogP contribution in [-0.2, 0) is 24.0 Å². The van der Waals surface area contributed by atoms with Gasteiger partial charge < -0.3 is 25.5 Å². The minimum atomic E-state index is -1.31. The topological polar surface area (TPSA) is 186 Å². The highest BCUT2D eigenvalue weighted by molar-refractivity contribution is 5.88. The molecule has 0 fully saturated rings. The summed E-state index contributed by atoms with van der Waals surface area (Å²) in [5.74, 6) is -5.57. The normalized spacial score (nSPS) is 6.91. The summed E-state index contributed by atoms with van der Waals surface area (Å²) >= 11 is 0. The molecule has 0 heterocycles. The van der Waals surface area contributed by atoms with Gasteiger partial charge in [-0.15, -0.1) is 0 Å². The molecule has 0 radical (unpaired) electrons. The molecule has 0 saturated heterocycles. The average molecular weight is 320 g/mol. The van der Waals surface area contributed by atoms with E-state index in [1.807, 2.05) is 0 Å². The van der Waals surface area contributed by atoms with E-state index in [9.17, 15) is 24.0 Å². The predicted molar refractivity (Wildman–Crippen MR) is 73.4 cm³/mol. The zero-order valence-electron chi connectivity index (χ0n) is 11.3. The van der Waals surface area contributed by atoms with Crippen LogP contribution in [0.4, 0.5) is 0 Å². The molecule has 0 saturated carbocycles. The Morgan fingerprint density at radius 3 is 0.727 bits per heavy atom. The van der Waals surface area contributed by atoms with Gasteiger partial charge in [-0.2, -0.15) is 0 Å². The number of carbonyl (C=O) groups is 5. The number of carboxylic acid groups (broad SMARTS) is 5. The molecule has 0 amide bonds. The van der Waals surface area contributed by atoms with E-state index in [4.69, 9.17) is 25.5 Å². The Hall–Kier alpha value is -3.43. The summed E-state index contributed by atoms with van der Waals surface area (Å²) in [5, 5.41) is 38.2. The third kappa shape index (κ3) is 93.1. The second kappa shape index (κ2) is 19.9. The molecule has 124 valence electrons. The zero-order chi connectivity index (χ0) is 18.7. The maximum Gasteiger partial charge on any atom is 0.327 e. The first kappa shape index (κ1) is 27.0. The van der Waals surface area contributed by atoms with E-state index >= 15 is 0 Å². The molecule has 5 N–H and O–H groups in total. The summed E-state index contributed by atoms with van der Waals surface area (Å²) in [7, 11) is 0. The molecular weight excluding hydrogens is 304 g/mol. The van der Waals surface area contributed by atoms with Gasteiger partial charge in [-0.3, -0.25) is 9.59 Å². The van der Waals surface area contributed by atoms with Gasteiger partial charge in [0, 0.05) is 18.2 Å². The van der Waals surface area contributed by atoms with Crippen molar-refractivity contribution in [2.75, 3.05) is 0 Å². The molecule has 10 nitrogen and oxygen atoms in total. The number of carboxylic acids is 5. The van der Waals surface area contributed by atoms with Crippen LogP contribution >= 0.6 is 0 Å². The molecule has 0 aliphatic rings. The fourth-order valence-electron chi connectivity index (χ4n) is 0.129. The van der Waals surface area contributed by atoms with Gasteiger partial charge in [0.25, 0.3) is 0 Å². The Morgan fingerprint density at radius 1 is 0.591 bits per heavy atom. The van der Waals surface area contributed by atoms with Crippen LogP contribution in [0.15, 0.2) is 38.0 Å². The van der Waals surface area contributed by atoms with Gasteiger partial charge in [0.2, 0.25) is 0 Å². The van der Waals surface area contributed by atoms with Crippen LogP contribution in [0.25, 0.3) is 0 Å². The molecule has 0 atom stereocenters. The van der Waals surface area contributed by atoms with Crippen LogP contribution in [0.3, 0.4) is 0 Å². The van der Waals surface area contributed by atoms with E-state index in [0.717, 1.165) is 18.2 Å². The molecule has 0 aliphatic carbocycles. The van der Waals surface area contributed by atoms with E-state index in [2.05, 4.69) is 19.7 Å². The fourth-order valence-corrected chi connectivity index (χ4v) is 0.129. The average Bonchev–Trinajstić information content (AvgIpc) is 2.38. The van der Waals surface area contributed by atoms with E-state index in [-0.39, 0.29) is 0 Å². The fraction of sp³-hybridized carbons (Fsp3) is 0.0833. The Morgan fingerprint density at radius 2 is 0.727 bits per heavy atom. The van der Waals surface area contributed by atoms with Crippen molar-refractivity contribution >= 4 is 29.8 Å². The highest BCUT2D eigenvalue weighted by Crippen LogP contribution is 1.74. The predicted octanol–water partition coefficient (Wildman–Crippen LogP) is 0.317. The highest BCUT2D eigenvalue weighted by Gasteiger charge is 2.01. The van der Waals surface area contributed by atoms with E-state index in [1.54, 1.807) is 0 Å².